The van der Waals surface area contributed by atoms with Crippen molar-refractivity contribution in [1.82, 2.24) is 0 Å². The molecule has 0 radical (unpaired) electrons. The number of carbonyl (C=O) groups excluding carboxylic acids is 1. The van der Waals surface area contributed by atoms with Crippen molar-refractivity contribution in [2.24, 2.45) is 5.92 Å². The summed E-state index contributed by atoms with van der Waals surface area (Å²) in [6, 6.07) is 0. The van der Waals surface area contributed by atoms with Crippen molar-refractivity contribution >= 4 is 5.78 Å². The molecule has 94 valence electrons. The fraction of sp³-hybridized carbons (Fsp3) is 0.933. The molecule has 0 N–H and O–H groups in total. The van der Waals surface area contributed by atoms with Crippen LogP contribution in [0.25, 0.3) is 0 Å². The first kappa shape index (κ1) is 13.7. The molecule has 1 fully saturated rings. The van der Waals surface area contributed by atoms with Gasteiger partial charge < -0.3 is 0 Å². The van der Waals surface area contributed by atoms with Crippen LogP contribution in [0.1, 0.15) is 84.0 Å². The van der Waals surface area contributed by atoms with Crippen molar-refractivity contribution in [3.05, 3.63) is 0 Å². The predicted molar refractivity (Wildman–Crippen MR) is 69.6 cm³/mol. The molecule has 0 aromatic rings. The Bertz CT molecular complexity index is 178. The van der Waals surface area contributed by atoms with E-state index in [1.165, 1.54) is 57.8 Å². The molecule has 0 atom stereocenters. The summed E-state index contributed by atoms with van der Waals surface area (Å²) in [6.45, 7) is 2.22. The van der Waals surface area contributed by atoms with Crippen LogP contribution in [0.15, 0.2) is 0 Å². The molecular formula is C15H28O. The van der Waals surface area contributed by atoms with E-state index in [0.717, 1.165) is 25.2 Å². The van der Waals surface area contributed by atoms with Gasteiger partial charge in [0, 0.05) is 12.8 Å². The highest BCUT2D eigenvalue weighted by Crippen LogP contribution is 2.26. The minimum absolute atomic E-state index is 0.531. The first-order chi connectivity index (χ1) is 7.83. The number of ketones is 1. The molecule has 1 aliphatic rings. The highest BCUT2D eigenvalue weighted by Gasteiger charge is 2.15. The highest BCUT2D eigenvalue weighted by molar-refractivity contribution is 5.78. The second kappa shape index (κ2) is 8.78. The number of rotatable bonds is 7. The molecule has 0 aromatic carbocycles. The van der Waals surface area contributed by atoms with Crippen LogP contribution in [-0.2, 0) is 4.79 Å². The molecule has 1 rings (SSSR count). The van der Waals surface area contributed by atoms with Gasteiger partial charge in [0.15, 0.2) is 0 Å². The molecule has 16 heavy (non-hydrogen) atoms. The van der Waals surface area contributed by atoms with Crippen LogP contribution in [0.4, 0.5) is 0 Å². The number of hydrogen-bond acceptors (Lipinski definition) is 1. The molecule has 0 amide bonds. The predicted octanol–water partition coefficient (Wildman–Crippen LogP) is 4.89. The maximum atomic E-state index is 11.8. The number of hydrogen-bond donors (Lipinski definition) is 0. The third-order valence-corrected chi connectivity index (χ3v) is 3.80. The summed E-state index contributed by atoms with van der Waals surface area (Å²) in [7, 11) is 0. The lowest BCUT2D eigenvalue weighted by molar-refractivity contribution is -0.120. The van der Waals surface area contributed by atoms with E-state index < -0.39 is 0 Å². The van der Waals surface area contributed by atoms with Gasteiger partial charge in [0.1, 0.15) is 5.78 Å². The number of Topliss-reactive ketones (excluding diaryl/α,β-unsaturated/α-hetero) is 1. The third kappa shape index (κ3) is 6.30. The van der Waals surface area contributed by atoms with E-state index in [1.54, 1.807) is 0 Å². The van der Waals surface area contributed by atoms with Crippen LogP contribution in [-0.4, -0.2) is 5.78 Å². The van der Waals surface area contributed by atoms with Crippen LogP contribution >= 0.6 is 0 Å². The minimum atomic E-state index is 0.531. The van der Waals surface area contributed by atoms with E-state index in [1.807, 2.05) is 0 Å². The Morgan fingerprint density at radius 3 is 2.31 bits per heavy atom. The SMILES string of the molecule is CCCCCCC(=O)CC1CCCCCC1. The maximum absolute atomic E-state index is 11.8. The average Bonchev–Trinajstić information content (AvgIpc) is 2.53. The summed E-state index contributed by atoms with van der Waals surface area (Å²) >= 11 is 0. The van der Waals surface area contributed by atoms with Gasteiger partial charge in [0.2, 0.25) is 0 Å². The minimum Gasteiger partial charge on any atom is -0.300 e. The molecule has 0 heterocycles. The lowest BCUT2D eigenvalue weighted by Gasteiger charge is -2.12. The van der Waals surface area contributed by atoms with Crippen LogP contribution < -0.4 is 0 Å². The summed E-state index contributed by atoms with van der Waals surface area (Å²) in [5.41, 5.74) is 0. The molecule has 1 aliphatic carbocycles. The van der Waals surface area contributed by atoms with Gasteiger partial charge in [-0.2, -0.15) is 0 Å². The summed E-state index contributed by atoms with van der Waals surface area (Å²) in [5, 5.41) is 0. The second-order valence-electron chi connectivity index (χ2n) is 5.41. The van der Waals surface area contributed by atoms with Gasteiger partial charge in [-0.05, 0) is 12.3 Å². The molecule has 0 aliphatic heterocycles. The monoisotopic (exact) mass is 224 g/mol. The molecule has 0 unspecified atom stereocenters. The maximum Gasteiger partial charge on any atom is 0.133 e. The standard InChI is InChI=1S/C15H28O/c1-2-3-4-9-12-15(16)13-14-10-7-5-6-8-11-14/h14H,2-13H2,1H3. The zero-order chi connectivity index (χ0) is 11.6. The van der Waals surface area contributed by atoms with Gasteiger partial charge in [-0.25, -0.2) is 0 Å². The summed E-state index contributed by atoms with van der Waals surface area (Å²) in [6.07, 6.45) is 14.7. The Hall–Kier alpha value is -0.330. The topological polar surface area (TPSA) is 17.1 Å². The van der Waals surface area contributed by atoms with Crippen LogP contribution in [0.5, 0.6) is 0 Å². The normalized spacial score (nSPS) is 18.3. The van der Waals surface area contributed by atoms with Gasteiger partial charge >= 0.3 is 0 Å². The molecular weight excluding hydrogens is 196 g/mol. The molecule has 0 saturated heterocycles. The van der Waals surface area contributed by atoms with Crippen LogP contribution in [0.3, 0.4) is 0 Å². The smallest absolute Gasteiger partial charge is 0.133 e. The van der Waals surface area contributed by atoms with Crippen molar-refractivity contribution in [3.63, 3.8) is 0 Å². The Labute approximate surface area is 101 Å². The van der Waals surface area contributed by atoms with E-state index in [-0.39, 0.29) is 0 Å². The van der Waals surface area contributed by atoms with Crippen molar-refractivity contribution in [2.75, 3.05) is 0 Å². The van der Waals surface area contributed by atoms with Gasteiger partial charge in [-0.3, -0.25) is 4.79 Å². The lowest BCUT2D eigenvalue weighted by atomic mass is 9.93. The van der Waals surface area contributed by atoms with Gasteiger partial charge in [-0.15, -0.1) is 0 Å². The first-order valence-electron chi connectivity index (χ1n) is 7.34. The molecule has 1 heteroatoms. The van der Waals surface area contributed by atoms with Gasteiger partial charge in [0.05, 0.1) is 0 Å². The lowest BCUT2D eigenvalue weighted by Crippen LogP contribution is -2.07. The zero-order valence-electron chi connectivity index (χ0n) is 11.0. The van der Waals surface area contributed by atoms with Gasteiger partial charge in [0.25, 0.3) is 0 Å². The quantitative estimate of drug-likeness (QED) is 0.444. The van der Waals surface area contributed by atoms with Crippen LogP contribution in [0, 0.1) is 5.92 Å². The number of unbranched alkanes of at least 4 members (excludes halogenated alkanes) is 3. The Balaban J connectivity index is 2.07. The van der Waals surface area contributed by atoms with E-state index in [9.17, 15) is 4.79 Å². The fourth-order valence-electron chi connectivity index (χ4n) is 2.74. The largest absolute Gasteiger partial charge is 0.300 e. The average molecular weight is 224 g/mol. The van der Waals surface area contributed by atoms with Crippen molar-refractivity contribution in [3.8, 4) is 0 Å². The van der Waals surface area contributed by atoms with E-state index in [2.05, 4.69) is 6.92 Å². The van der Waals surface area contributed by atoms with Gasteiger partial charge in [-0.1, -0.05) is 64.7 Å². The van der Waals surface area contributed by atoms with Crippen molar-refractivity contribution in [1.29, 1.82) is 0 Å². The Morgan fingerprint density at radius 2 is 1.69 bits per heavy atom. The Morgan fingerprint density at radius 1 is 1.00 bits per heavy atom. The summed E-state index contributed by atoms with van der Waals surface area (Å²) < 4.78 is 0. The van der Waals surface area contributed by atoms with Crippen LogP contribution in [0.2, 0.25) is 0 Å². The third-order valence-electron chi connectivity index (χ3n) is 3.80. The summed E-state index contributed by atoms with van der Waals surface area (Å²) in [5.74, 6) is 1.25. The molecule has 0 spiro atoms. The second-order valence-corrected chi connectivity index (χ2v) is 5.41. The molecule has 1 nitrogen and oxygen atoms in total. The molecule has 1 saturated carbocycles. The van der Waals surface area contributed by atoms with Crippen molar-refractivity contribution < 1.29 is 4.79 Å². The highest BCUT2D eigenvalue weighted by atomic mass is 16.1. The van der Waals surface area contributed by atoms with Crippen molar-refractivity contribution in [2.45, 2.75) is 84.0 Å². The number of carbonyl (C=O) groups is 1. The first-order valence-corrected chi connectivity index (χ1v) is 7.34. The van der Waals surface area contributed by atoms with E-state index in [0.29, 0.717) is 5.78 Å². The zero-order valence-corrected chi connectivity index (χ0v) is 11.0. The molecule has 0 aromatic heterocycles. The van der Waals surface area contributed by atoms with E-state index >= 15 is 0 Å². The summed E-state index contributed by atoms with van der Waals surface area (Å²) in [4.78, 5) is 11.8. The molecule has 0 bridgehead atoms. The fourth-order valence-corrected chi connectivity index (χ4v) is 2.74. The van der Waals surface area contributed by atoms with E-state index in [4.69, 9.17) is 0 Å². The Kier molecular flexibility index (Phi) is 7.54.